The van der Waals surface area contributed by atoms with E-state index in [-0.39, 0.29) is 24.8 Å². The van der Waals surface area contributed by atoms with Crippen LogP contribution in [0.15, 0.2) is 48.5 Å². The van der Waals surface area contributed by atoms with Crippen molar-refractivity contribution < 1.29 is 9.18 Å². The van der Waals surface area contributed by atoms with Crippen molar-refractivity contribution in [3.63, 3.8) is 0 Å². The molecular weight excluding hydrogens is 291 g/mol. The molecule has 2 aromatic rings. The van der Waals surface area contributed by atoms with Crippen LogP contribution in [0.25, 0.3) is 0 Å². The van der Waals surface area contributed by atoms with E-state index in [1.807, 2.05) is 43.0 Å². The Labute approximate surface area is 137 Å². The van der Waals surface area contributed by atoms with Gasteiger partial charge in [-0.05, 0) is 31.5 Å². The lowest BCUT2D eigenvalue weighted by atomic mass is 10.1. The zero-order valence-electron chi connectivity index (χ0n) is 13.9. The second kappa shape index (κ2) is 7.77. The predicted octanol–water partition coefficient (Wildman–Crippen LogP) is 3.62. The monoisotopic (exact) mass is 314 g/mol. The van der Waals surface area contributed by atoms with E-state index in [9.17, 15) is 9.18 Å². The number of carbonyl (C=O) groups excluding carboxylic acids is 1. The summed E-state index contributed by atoms with van der Waals surface area (Å²) in [6.45, 7) is 5.36. The molecule has 1 amide bonds. The topological polar surface area (TPSA) is 23.6 Å². The van der Waals surface area contributed by atoms with Crippen LogP contribution in [0.1, 0.15) is 18.1 Å². The Morgan fingerprint density at radius 3 is 2.39 bits per heavy atom. The minimum Gasteiger partial charge on any atom is -0.362 e. The average molecular weight is 314 g/mol. The van der Waals surface area contributed by atoms with Crippen molar-refractivity contribution in [3.8, 4) is 0 Å². The molecule has 4 heteroatoms. The second-order valence-corrected chi connectivity index (χ2v) is 5.64. The van der Waals surface area contributed by atoms with E-state index < -0.39 is 0 Å². The van der Waals surface area contributed by atoms with Crippen LogP contribution in [0.2, 0.25) is 0 Å². The third-order valence-corrected chi connectivity index (χ3v) is 3.96. The fraction of sp³-hybridized carbons (Fsp3) is 0.316. The number of rotatable bonds is 6. The number of amides is 1. The van der Waals surface area contributed by atoms with Gasteiger partial charge in [-0.2, -0.15) is 0 Å². The smallest absolute Gasteiger partial charge is 0.242 e. The zero-order chi connectivity index (χ0) is 16.8. The Bertz CT molecular complexity index is 672. The summed E-state index contributed by atoms with van der Waals surface area (Å²) in [4.78, 5) is 16.1. The van der Waals surface area contributed by atoms with Crippen LogP contribution < -0.4 is 4.90 Å². The third-order valence-electron chi connectivity index (χ3n) is 3.96. The summed E-state index contributed by atoms with van der Waals surface area (Å²) in [7, 11) is 1.71. The van der Waals surface area contributed by atoms with E-state index in [1.165, 1.54) is 6.07 Å². The van der Waals surface area contributed by atoms with Gasteiger partial charge in [0, 0.05) is 31.4 Å². The van der Waals surface area contributed by atoms with Crippen molar-refractivity contribution in [2.75, 3.05) is 25.0 Å². The fourth-order valence-electron chi connectivity index (χ4n) is 2.54. The molecular formula is C19H23FN2O. The van der Waals surface area contributed by atoms with Crippen LogP contribution in [0.4, 0.5) is 10.1 Å². The maximum atomic E-state index is 13.7. The molecule has 122 valence electrons. The Kier molecular flexibility index (Phi) is 5.74. The van der Waals surface area contributed by atoms with Crippen molar-refractivity contribution >= 4 is 11.6 Å². The van der Waals surface area contributed by atoms with Crippen molar-refractivity contribution in [3.05, 3.63) is 65.5 Å². The molecule has 0 heterocycles. The quantitative estimate of drug-likeness (QED) is 0.813. The number of nitrogens with zero attached hydrogens (tertiary/aromatic N) is 2. The number of para-hydroxylation sites is 1. The van der Waals surface area contributed by atoms with E-state index in [4.69, 9.17) is 0 Å². The molecule has 0 aromatic heterocycles. The van der Waals surface area contributed by atoms with Crippen LogP contribution in [0.3, 0.4) is 0 Å². The molecule has 0 atom stereocenters. The molecule has 0 fully saturated rings. The number of anilines is 1. The number of carbonyl (C=O) groups is 1. The van der Waals surface area contributed by atoms with Gasteiger partial charge in [0.2, 0.25) is 5.91 Å². The number of hydrogen-bond donors (Lipinski definition) is 0. The molecule has 0 aliphatic carbocycles. The molecule has 0 bridgehead atoms. The number of halogens is 1. The summed E-state index contributed by atoms with van der Waals surface area (Å²) in [5.74, 6) is -0.309. The normalized spacial score (nSPS) is 10.4. The highest BCUT2D eigenvalue weighted by Crippen LogP contribution is 2.19. The highest BCUT2D eigenvalue weighted by Gasteiger charge is 2.16. The second-order valence-electron chi connectivity index (χ2n) is 5.64. The molecule has 0 spiro atoms. The average Bonchev–Trinajstić information content (AvgIpc) is 2.55. The molecule has 0 radical (unpaired) electrons. The molecule has 0 N–H and O–H groups in total. The Morgan fingerprint density at radius 2 is 1.74 bits per heavy atom. The first-order valence-electron chi connectivity index (χ1n) is 7.81. The highest BCUT2D eigenvalue weighted by molar-refractivity contribution is 5.81. The van der Waals surface area contributed by atoms with Crippen LogP contribution in [-0.2, 0) is 11.3 Å². The van der Waals surface area contributed by atoms with Gasteiger partial charge in [-0.25, -0.2) is 4.39 Å². The lowest BCUT2D eigenvalue weighted by Gasteiger charge is -2.27. The van der Waals surface area contributed by atoms with Crippen molar-refractivity contribution in [1.29, 1.82) is 0 Å². The van der Waals surface area contributed by atoms with Crippen LogP contribution in [-0.4, -0.2) is 30.9 Å². The van der Waals surface area contributed by atoms with E-state index in [0.717, 1.165) is 17.8 Å². The Morgan fingerprint density at radius 1 is 1.09 bits per heavy atom. The molecule has 0 unspecified atom stereocenters. The molecule has 0 saturated carbocycles. The zero-order valence-corrected chi connectivity index (χ0v) is 13.9. The molecule has 0 aliphatic rings. The van der Waals surface area contributed by atoms with E-state index in [0.29, 0.717) is 5.56 Å². The summed E-state index contributed by atoms with van der Waals surface area (Å²) in [6.07, 6.45) is 0. The van der Waals surface area contributed by atoms with Gasteiger partial charge in [0.25, 0.3) is 0 Å². The lowest BCUT2D eigenvalue weighted by Crippen LogP contribution is -2.38. The molecule has 2 aromatic carbocycles. The fourth-order valence-corrected chi connectivity index (χ4v) is 2.54. The van der Waals surface area contributed by atoms with Gasteiger partial charge in [-0.3, -0.25) is 4.79 Å². The minimum absolute atomic E-state index is 0.0293. The maximum absolute atomic E-state index is 13.7. The summed E-state index contributed by atoms with van der Waals surface area (Å²) < 4.78 is 13.7. The summed E-state index contributed by atoms with van der Waals surface area (Å²) in [5.41, 5.74) is 2.73. The SMILES string of the molecule is CCN(CC(=O)N(C)Cc1ccccc1F)c1ccccc1C. The molecule has 23 heavy (non-hydrogen) atoms. The van der Waals surface area contributed by atoms with Crippen LogP contribution >= 0.6 is 0 Å². The largest absolute Gasteiger partial charge is 0.362 e. The summed E-state index contributed by atoms with van der Waals surface area (Å²) in [6, 6.07) is 14.6. The predicted molar refractivity (Wildman–Crippen MR) is 91.9 cm³/mol. The van der Waals surface area contributed by atoms with E-state index in [1.54, 1.807) is 30.1 Å². The van der Waals surface area contributed by atoms with E-state index >= 15 is 0 Å². The summed E-state index contributed by atoms with van der Waals surface area (Å²) >= 11 is 0. The molecule has 0 saturated heterocycles. The van der Waals surface area contributed by atoms with Crippen molar-refractivity contribution in [1.82, 2.24) is 4.90 Å². The number of benzene rings is 2. The minimum atomic E-state index is -0.279. The first-order valence-corrected chi connectivity index (χ1v) is 7.81. The van der Waals surface area contributed by atoms with Gasteiger partial charge in [-0.1, -0.05) is 36.4 Å². The third kappa shape index (κ3) is 4.31. The number of likely N-dealkylation sites (N-methyl/N-ethyl adjacent to an activating group) is 2. The van der Waals surface area contributed by atoms with Crippen LogP contribution in [0.5, 0.6) is 0 Å². The first-order chi connectivity index (χ1) is 11.0. The van der Waals surface area contributed by atoms with Crippen molar-refractivity contribution in [2.45, 2.75) is 20.4 Å². The number of hydrogen-bond acceptors (Lipinski definition) is 2. The molecule has 3 nitrogen and oxygen atoms in total. The van der Waals surface area contributed by atoms with Crippen LogP contribution in [0, 0.1) is 12.7 Å². The van der Waals surface area contributed by atoms with E-state index in [2.05, 4.69) is 0 Å². The van der Waals surface area contributed by atoms with Gasteiger partial charge in [0.15, 0.2) is 0 Å². The molecule has 0 aliphatic heterocycles. The molecule has 2 rings (SSSR count). The van der Waals surface area contributed by atoms with Gasteiger partial charge in [0.1, 0.15) is 5.82 Å². The Balaban J connectivity index is 2.05. The number of aryl methyl sites for hydroxylation is 1. The maximum Gasteiger partial charge on any atom is 0.242 e. The standard InChI is InChI=1S/C19H23FN2O/c1-4-22(18-12-8-5-9-15(18)2)14-19(23)21(3)13-16-10-6-7-11-17(16)20/h5-12H,4,13-14H2,1-3H3. The van der Waals surface area contributed by atoms with Gasteiger partial charge in [-0.15, -0.1) is 0 Å². The highest BCUT2D eigenvalue weighted by atomic mass is 19.1. The van der Waals surface area contributed by atoms with Crippen molar-refractivity contribution in [2.24, 2.45) is 0 Å². The van der Waals surface area contributed by atoms with Gasteiger partial charge >= 0.3 is 0 Å². The first kappa shape index (κ1) is 17.0. The lowest BCUT2D eigenvalue weighted by molar-refractivity contribution is -0.129. The van der Waals surface area contributed by atoms with Gasteiger partial charge < -0.3 is 9.80 Å². The van der Waals surface area contributed by atoms with Gasteiger partial charge in [0.05, 0.1) is 6.54 Å². The summed E-state index contributed by atoms with van der Waals surface area (Å²) in [5, 5.41) is 0. The Hall–Kier alpha value is -2.36.